The zero-order valence-electron chi connectivity index (χ0n) is 13.2. The fourth-order valence-electron chi connectivity index (χ4n) is 3.60. The van der Waals surface area contributed by atoms with Crippen molar-refractivity contribution in [2.75, 3.05) is 0 Å². The normalized spacial score (nSPS) is 27.8. The van der Waals surface area contributed by atoms with E-state index >= 15 is 0 Å². The van der Waals surface area contributed by atoms with Crippen molar-refractivity contribution in [1.82, 2.24) is 0 Å². The second kappa shape index (κ2) is 4.90. The minimum atomic E-state index is 0.264. The van der Waals surface area contributed by atoms with Crippen LogP contribution in [0.4, 0.5) is 0 Å². The summed E-state index contributed by atoms with van der Waals surface area (Å²) >= 11 is 2.77. The van der Waals surface area contributed by atoms with Gasteiger partial charge in [0.05, 0.1) is 0 Å². The average Bonchev–Trinajstić information content (AvgIpc) is 2.58. The number of allylic oxidation sites excluding steroid dienone is 6. The van der Waals surface area contributed by atoms with E-state index in [9.17, 15) is 0 Å². The Bertz CT molecular complexity index is 498. The summed E-state index contributed by atoms with van der Waals surface area (Å²) in [4.78, 5) is 0. The Morgan fingerprint density at radius 1 is 1.21 bits per heavy atom. The van der Waals surface area contributed by atoms with Gasteiger partial charge < -0.3 is 0 Å². The van der Waals surface area contributed by atoms with E-state index in [0.29, 0.717) is 5.92 Å². The summed E-state index contributed by atoms with van der Waals surface area (Å²) in [5.74, 6) is 0.668. The van der Waals surface area contributed by atoms with Gasteiger partial charge in [0.25, 0.3) is 0 Å². The molecule has 1 atom stereocenters. The molecule has 0 aromatic carbocycles. The van der Waals surface area contributed by atoms with Crippen LogP contribution in [0.2, 0.25) is 0 Å². The molecule has 0 radical (unpaired) electrons. The Kier molecular flexibility index (Phi) is 3.89. The molecule has 0 aliphatic heterocycles. The molecule has 0 heterocycles. The van der Waals surface area contributed by atoms with E-state index in [4.69, 9.17) is 0 Å². The van der Waals surface area contributed by atoms with Gasteiger partial charge in [-0.15, -0.1) is 0 Å². The van der Waals surface area contributed by atoms with Crippen LogP contribution in [0.3, 0.4) is 0 Å². The molecular formula is C18H26V. The number of hydrogen-bond donors (Lipinski definition) is 0. The third-order valence-electron chi connectivity index (χ3n) is 5.49. The quantitative estimate of drug-likeness (QED) is 0.672. The molecule has 2 aliphatic rings. The predicted octanol–water partition coefficient (Wildman–Crippen LogP) is 5.00. The van der Waals surface area contributed by atoms with Gasteiger partial charge in [-0.25, -0.2) is 0 Å². The first-order chi connectivity index (χ1) is 8.72. The molecule has 0 aromatic rings. The average molecular weight is 293 g/mol. The number of hydrogen-bond acceptors (Lipinski definition) is 0. The molecule has 0 fully saturated rings. The standard InChI is InChI=1S/C18H26.V/c1-7-9-14-10-8-11-15-16(12-14)18(5,6)13(2)17(15,3)4;/h8,11-13H,7,10H2,1-6H3;. The Balaban J connectivity index is 2.59. The van der Waals surface area contributed by atoms with Crippen molar-refractivity contribution in [2.24, 2.45) is 16.7 Å². The molecule has 0 saturated carbocycles. The maximum atomic E-state index is 2.77. The molecule has 0 nitrogen and oxygen atoms in total. The summed E-state index contributed by atoms with van der Waals surface area (Å²) in [7, 11) is 0. The van der Waals surface area contributed by atoms with Gasteiger partial charge in [-0.05, 0) is 0 Å². The molecule has 0 amide bonds. The van der Waals surface area contributed by atoms with Gasteiger partial charge in [0.2, 0.25) is 0 Å². The first kappa shape index (κ1) is 15.1. The Labute approximate surface area is 127 Å². The summed E-state index contributed by atoms with van der Waals surface area (Å²) < 4.78 is 1.47. The molecular weight excluding hydrogens is 267 g/mol. The first-order valence-electron chi connectivity index (χ1n) is 7.40. The van der Waals surface area contributed by atoms with Gasteiger partial charge in [-0.2, -0.15) is 0 Å². The second-order valence-corrected chi connectivity index (χ2v) is 7.91. The molecule has 2 rings (SSSR count). The molecule has 2 aliphatic carbocycles. The van der Waals surface area contributed by atoms with Crippen molar-refractivity contribution in [2.45, 2.75) is 54.4 Å². The van der Waals surface area contributed by atoms with Crippen molar-refractivity contribution in [3.8, 4) is 0 Å². The fraction of sp³-hybridized carbons (Fsp3) is 0.611. The first-order valence-corrected chi connectivity index (χ1v) is 8.10. The minimum absolute atomic E-state index is 0.264. The second-order valence-electron chi connectivity index (χ2n) is 7.07. The van der Waals surface area contributed by atoms with Crippen LogP contribution < -0.4 is 0 Å². The monoisotopic (exact) mass is 293 g/mol. The third-order valence-corrected chi connectivity index (χ3v) is 6.43. The van der Waals surface area contributed by atoms with Crippen molar-refractivity contribution >= 4 is 4.23 Å². The van der Waals surface area contributed by atoms with Crippen LogP contribution in [0.5, 0.6) is 0 Å². The molecule has 19 heavy (non-hydrogen) atoms. The van der Waals surface area contributed by atoms with Crippen LogP contribution in [-0.4, -0.2) is 4.23 Å². The summed E-state index contributed by atoms with van der Waals surface area (Å²) in [6, 6.07) is 0. The summed E-state index contributed by atoms with van der Waals surface area (Å²) in [5, 5.41) is 0. The summed E-state index contributed by atoms with van der Waals surface area (Å²) in [6.07, 6.45) is 9.43. The topological polar surface area (TPSA) is 0 Å². The molecule has 103 valence electrons. The molecule has 0 aromatic heterocycles. The SMILES string of the molecule is CC[C](=[V])C1=CC2=C(C=CC1)C(C)(C)C(C)C2(C)C. The van der Waals surface area contributed by atoms with Gasteiger partial charge in [0.15, 0.2) is 0 Å². The predicted molar refractivity (Wildman–Crippen MR) is 80.9 cm³/mol. The molecule has 0 N–H and O–H groups in total. The van der Waals surface area contributed by atoms with Crippen LogP contribution in [0.1, 0.15) is 54.4 Å². The number of rotatable bonds is 2. The molecule has 1 heteroatoms. The molecule has 0 spiro atoms. The Morgan fingerprint density at radius 3 is 2.37 bits per heavy atom. The van der Waals surface area contributed by atoms with Gasteiger partial charge in [0, 0.05) is 0 Å². The van der Waals surface area contributed by atoms with E-state index in [1.165, 1.54) is 9.80 Å². The van der Waals surface area contributed by atoms with Crippen molar-refractivity contribution < 1.29 is 17.0 Å². The van der Waals surface area contributed by atoms with E-state index in [-0.39, 0.29) is 10.8 Å². The van der Waals surface area contributed by atoms with Crippen LogP contribution in [0.25, 0.3) is 0 Å². The van der Waals surface area contributed by atoms with Crippen molar-refractivity contribution in [3.05, 3.63) is 34.9 Å². The molecule has 0 saturated heterocycles. The van der Waals surface area contributed by atoms with Crippen LogP contribution in [-0.2, 0) is 17.0 Å². The van der Waals surface area contributed by atoms with E-state index in [1.807, 2.05) is 0 Å². The van der Waals surface area contributed by atoms with Crippen molar-refractivity contribution in [3.63, 3.8) is 0 Å². The maximum absolute atomic E-state index is 2.77. The zero-order chi connectivity index (χ0) is 14.4. The third kappa shape index (κ3) is 2.28. The van der Waals surface area contributed by atoms with E-state index in [2.05, 4.69) is 76.7 Å². The van der Waals surface area contributed by atoms with E-state index < -0.39 is 0 Å². The Hall–Kier alpha value is -0.326. The van der Waals surface area contributed by atoms with Crippen LogP contribution in [0, 0.1) is 16.7 Å². The van der Waals surface area contributed by atoms with Crippen LogP contribution >= 0.6 is 0 Å². The van der Waals surface area contributed by atoms with Crippen molar-refractivity contribution in [1.29, 1.82) is 0 Å². The van der Waals surface area contributed by atoms with E-state index in [0.717, 1.165) is 12.8 Å². The van der Waals surface area contributed by atoms with Gasteiger partial charge in [0.1, 0.15) is 0 Å². The van der Waals surface area contributed by atoms with Gasteiger partial charge in [-0.1, -0.05) is 0 Å². The van der Waals surface area contributed by atoms with Gasteiger partial charge >= 0.3 is 127 Å². The van der Waals surface area contributed by atoms with Crippen LogP contribution in [0.15, 0.2) is 34.9 Å². The fourth-order valence-corrected chi connectivity index (χ4v) is 3.84. The summed E-state index contributed by atoms with van der Waals surface area (Å²) in [5.41, 5.74) is 5.15. The summed E-state index contributed by atoms with van der Waals surface area (Å²) in [6.45, 7) is 14.3. The van der Waals surface area contributed by atoms with Gasteiger partial charge in [-0.3, -0.25) is 0 Å². The molecule has 0 bridgehead atoms. The molecule has 1 unspecified atom stereocenters. The van der Waals surface area contributed by atoms with E-state index in [1.54, 1.807) is 11.1 Å². The zero-order valence-corrected chi connectivity index (χ0v) is 14.6. The Morgan fingerprint density at radius 2 is 1.79 bits per heavy atom.